The monoisotopic (exact) mass is 364 g/mol. The molecular weight excluding hydrogens is 336 g/mol. The summed E-state index contributed by atoms with van der Waals surface area (Å²) in [6, 6.07) is 9.58. The van der Waals surface area contributed by atoms with Crippen molar-refractivity contribution >= 4 is 5.69 Å². The lowest BCUT2D eigenvalue weighted by Gasteiger charge is -2.38. The minimum absolute atomic E-state index is 0.465. The van der Waals surface area contributed by atoms with Crippen LogP contribution in [0.15, 0.2) is 55.1 Å². The van der Waals surface area contributed by atoms with E-state index in [1.807, 2.05) is 18.3 Å². The maximum Gasteiger partial charge on any atom is 0.145 e. The van der Waals surface area contributed by atoms with Gasteiger partial charge in [0.25, 0.3) is 0 Å². The predicted octanol–water partition coefficient (Wildman–Crippen LogP) is 4.96. The lowest BCUT2D eigenvalue weighted by molar-refractivity contribution is 0.339. The Balaban J connectivity index is 0.000000273. The SMILES string of the molecule is C=C(C)N(c1cnccc1OC)C1CCC(C)CC1.N#Cc1ccccn1. The van der Waals surface area contributed by atoms with Crippen molar-refractivity contribution in [3.05, 3.63) is 60.8 Å². The molecule has 0 spiro atoms. The lowest BCUT2D eigenvalue weighted by atomic mass is 9.86. The van der Waals surface area contributed by atoms with Crippen LogP contribution in [0.2, 0.25) is 0 Å². The van der Waals surface area contributed by atoms with Gasteiger partial charge in [0.1, 0.15) is 23.2 Å². The second-order valence-corrected chi connectivity index (χ2v) is 6.89. The first-order chi connectivity index (χ1) is 13.1. The van der Waals surface area contributed by atoms with Crippen LogP contribution in [0, 0.1) is 17.2 Å². The van der Waals surface area contributed by atoms with Crippen molar-refractivity contribution in [2.45, 2.75) is 45.6 Å². The minimum Gasteiger partial charge on any atom is -0.494 e. The van der Waals surface area contributed by atoms with Crippen LogP contribution in [0.4, 0.5) is 5.69 Å². The standard InChI is InChI=1S/C16H24N2O.C6H4N2/c1-12(2)18(14-7-5-13(3)6-8-14)15-11-17-10-9-16(15)19-4;7-5-6-3-1-2-4-8-6/h9-11,13-14H,1,5-8H2,2-4H3;1-4H. The van der Waals surface area contributed by atoms with Gasteiger partial charge in [0, 0.05) is 30.2 Å². The fraction of sp³-hybridized carbons (Fsp3) is 0.409. The molecular formula is C22H28N4O. The van der Waals surface area contributed by atoms with E-state index in [4.69, 9.17) is 10.00 Å². The number of hydrogen-bond donors (Lipinski definition) is 0. The minimum atomic E-state index is 0.465. The molecule has 3 rings (SSSR count). The maximum atomic E-state index is 8.23. The molecule has 0 atom stereocenters. The van der Waals surface area contributed by atoms with Gasteiger partial charge >= 0.3 is 0 Å². The highest BCUT2D eigenvalue weighted by molar-refractivity contribution is 5.60. The van der Waals surface area contributed by atoms with E-state index >= 15 is 0 Å². The Bertz CT molecular complexity index is 761. The van der Waals surface area contributed by atoms with Crippen LogP contribution < -0.4 is 9.64 Å². The third kappa shape index (κ3) is 5.82. The van der Waals surface area contributed by atoms with Crippen LogP contribution in [-0.2, 0) is 0 Å². The van der Waals surface area contributed by atoms with Gasteiger partial charge < -0.3 is 9.64 Å². The van der Waals surface area contributed by atoms with Gasteiger partial charge in [-0.2, -0.15) is 5.26 Å². The first-order valence-electron chi connectivity index (χ1n) is 9.30. The maximum absolute atomic E-state index is 8.23. The molecule has 0 amide bonds. The average molecular weight is 364 g/mol. The van der Waals surface area contributed by atoms with Crippen LogP contribution in [0.25, 0.3) is 0 Å². The Hall–Kier alpha value is -2.87. The molecule has 5 nitrogen and oxygen atoms in total. The molecule has 0 aliphatic heterocycles. The normalized spacial score (nSPS) is 18.4. The fourth-order valence-electron chi connectivity index (χ4n) is 3.37. The molecule has 27 heavy (non-hydrogen) atoms. The molecule has 1 aliphatic rings. The van der Waals surface area contributed by atoms with Gasteiger partial charge in [-0.25, -0.2) is 4.98 Å². The summed E-state index contributed by atoms with van der Waals surface area (Å²) in [5.74, 6) is 1.72. The number of nitrogens with zero attached hydrogens (tertiary/aromatic N) is 4. The molecule has 2 aromatic heterocycles. The van der Waals surface area contributed by atoms with Crippen molar-refractivity contribution in [2.24, 2.45) is 5.92 Å². The zero-order valence-electron chi connectivity index (χ0n) is 16.4. The van der Waals surface area contributed by atoms with Gasteiger partial charge in [-0.15, -0.1) is 0 Å². The van der Waals surface area contributed by atoms with Crippen LogP contribution in [0.5, 0.6) is 5.75 Å². The summed E-state index contributed by atoms with van der Waals surface area (Å²) in [6.07, 6.45) is 10.2. The highest BCUT2D eigenvalue weighted by atomic mass is 16.5. The van der Waals surface area contributed by atoms with E-state index in [0.29, 0.717) is 11.7 Å². The van der Waals surface area contributed by atoms with Gasteiger partial charge in [0.2, 0.25) is 0 Å². The summed E-state index contributed by atoms with van der Waals surface area (Å²) in [6.45, 7) is 8.54. The van der Waals surface area contributed by atoms with E-state index in [1.54, 1.807) is 37.7 Å². The molecule has 142 valence electrons. The molecule has 0 radical (unpaired) electrons. The molecule has 5 heteroatoms. The van der Waals surface area contributed by atoms with Crippen molar-refractivity contribution in [2.75, 3.05) is 12.0 Å². The largest absolute Gasteiger partial charge is 0.494 e. The third-order valence-electron chi connectivity index (χ3n) is 4.78. The van der Waals surface area contributed by atoms with E-state index < -0.39 is 0 Å². The zero-order valence-corrected chi connectivity index (χ0v) is 16.4. The number of nitriles is 1. The molecule has 1 aliphatic carbocycles. The highest BCUT2D eigenvalue weighted by Gasteiger charge is 2.26. The molecule has 0 bridgehead atoms. The smallest absolute Gasteiger partial charge is 0.145 e. The first kappa shape index (κ1) is 20.4. The Morgan fingerprint density at radius 2 is 1.96 bits per heavy atom. The van der Waals surface area contributed by atoms with Gasteiger partial charge in [0.15, 0.2) is 0 Å². The molecule has 0 N–H and O–H groups in total. The quantitative estimate of drug-likeness (QED) is 0.767. The van der Waals surface area contributed by atoms with E-state index in [0.717, 1.165) is 23.1 Å². The van der Waals surface area contributed by atoms with Crippen molar-refractivity contribution in [3.63, 3.8) is 0 Å². The zero-order chi connectivity index (χ0) is 19.6. The number of rotatable bonds is 4. The van der Waals surface area contributed by atoms with Crippen molar-refractivity contribution in [1.29, 1.82) is 5.26 Å². The summed E-state index contributed by atoms with van der Waals surface area (Å²) in [5, 5.41) is 8.23. The fourth-order valence-corrected chi connectivity index (χ4v) is 3.37. The number of anilines is 1. The predicted molar refractivity (Wildman–Crippen MR) is 108 cm³/mol. The summed E-state index contributed by atoms with van der Waals surface area (Å²) in [5.41, 5.74) is 2.57. The number of aromatic nitrogens is 2. The number of allylic oxidation sites excluding steroid dienone is 1. The molecule has 2 aromatic rings. The Morgan fingerprint density at radius 1 is 1.22 bits per heavy atom. The Labute approximate surface area is 162 Å². The van der Waals surface area contributed by atoms with Crippen molar-refractivity contribution in [3.8, 4) is 11.8 Å². The second-order valence-electron chi connectivity index (χ2n) is 6.89. The molecule has 0 aromatic carbocycles. The molecule has 2 heterocycles. The number of hydrogen-bond acceptors (Lipinski definition) is 5. The first-order valence-corrected chi connectivity index (χ1v) is 9.30. The van der Waals surface area contributed by atoms with Gasteiger partial charge in [-0.05, 0) is 50.7 Å². The van der Waals surface area contributed by atoms with Gasteiger partial charge in [0.05, 0.1) is 13.3 Å². The topological polar surface area (TPSA) is 62.0 Å². The van der Waals surface area contributed by atoms with E-state index in [9.17, 15) is 0 Å². The van der Waals surface area contributed by atoms with Gasteiger partial charge in [-0.3, -0.25) is 4.98 Å². The second kappa shape index (κ2) is 10.3. The Morgan fingerprint density at radius 3 is 2.48 bits per heavy atom. The molecule has 1 saturated carbocycles. The molecule has 0 unspecified atom stereocenters. The highest BCUT2D eigenvalue weighted by Crippen LogP contribution is 2.36. The van der Waals surface area contributed by atoms with Crippen molar-refractivity contribution in [1.82, 2.24) is 9.97 Å². The van der Waals surface area contributed by atoms with Crippen LogP contribution in [-0.4, -0.2) is 23.1 Å². The summed E-state index contributed by atoms with van der Waals surface area (Å²) >= 11 is 0. The van der Waals surface area contributed by atoms with Crippen LogP contribution in [0.3, 0.4) is 0 Å². The average Bonchev–Trinajstić information content (AvgIpc) is 2.71. The summed E-state index contributed by atoms with van der Waals surface area (Å²) in [4.78, 5) is 10.3. The van der Waals surface area contributed by atoms with Gasteiger partial charge in [-0.1, -0.05) is 19.6 Å². The van der Waals surface area contributed by atoms with Crippen LogP contribution >= 0.6 is 0 Å². The summed E-state index contributed by atoms with van der Waals surface area (Å²) in [7, 11) is 1.71. The van der Waals surface area contributed by atoms with E-state index in [1.165, 1.54) is 25.7 Å². The van der Waals surface area contributed by atoms with E-state index in [2.05, 4.69) is 35.3 Å². The number of methoxy groups -OCH3 is 1. The van der Waals surface area contributed by atoms with Crippen LogP contribution in [0.1, 0.15) is 45.2 Å². The van der Waals surface area contributed by atoms with Crippen molar-refractivity contribution < 1.29 is 4.74 Å². The number of ether oxygens (including phenoxy) is 1. The number of pyridine rings is 2. The van der Waals surface area contributed by atoms with E-state index in [-0.39, 0.29) is 0 Å². The summed E-state index contributed by atoms with van der Waals surface area (Å²) < 4.78 is 5.47. The Kier molecular flexibility index (Phi) is 7.81. The molecule has 0 saturated heterocycles. The molecule has 1 fully saturated rings. The third-order valence-corrected chi connectivity index (χ3v) is 4.78. The lowest BCUT2D eigenvalue weighted by Crippen LogP contribution is -2.36.